The normalized spacial score (nSPS) is 13.2. The minimum absolute atomic E-state index is 0.0110. The first-order valence-electron chi connectivity index (χ1n) is 9.99. The molecular formula is C21H25N3O6S3. The fourth-order valence-electron chi connectivity index (χ4n) is 3.10. The van der Waals surface area contributed by atoms with Crippen LogP contribution in [0.1, 0.15) is 19.4 Å². The Labute approximate surface area is 196 Å². The summed E-state index contributed by atoms with van der Waals surface area (Å²) in [6.07, 6.45) is -0.0110. The molecule has 33 heavy (non-hydrogen) atoms. The SMILES string of the molecule is COCCn1c(=NC(=O)Cc2ccc(S(=O)(=O)C(C)C)cc2)sc2cc(S(N)(=O)=O)ccc21. The van der Waals surface area contributed by atoms with Crippen molar-refractivity contribution in [3.63, 3.8) is 0 Å². The highest BCUT2D eigenvalue weighted by atomic mass is 32.2. The van der Waals surface area contributed by atoms with Gasteiger partial charge in [-0.05, 0) is 49.7 Å². The van der Waals surface area contributed by atoms with Crippen LogP contribution >= 0.6 is 11.3 Å². The van der Waals surface area contributed by atoms with Gasteiger partial charge < -0.3 is 9.30 Å². The summed E-state index contributed by atoms with van der Waals surface area (Å²) in [5, 5.41) is 4.69. The van der Waals surface area contributed by atoms with E-state index >= 15 is 0 Å². The van der Waals surface area contributed by atoms with Crippen LogP contribution in [0.3, 0.4) is 0 Å². The maximum atomic E-state index is 12.7. The molecular weight excluding hydrogens is 486 g/mol. The van der Waals surface area contributed by atoms with Gasteiger partial charge in [0.05, 0.1) is 38.3 Å². The minimum Gasteiger partial charge on any atom is -0.383 e. The zero-order valence-electron chi connectivity index (χ0n) is 18.4. The molecule has 2 aromatic carbocycles. The predicted octanol–water partition coefficient (Wildman–Crippen LogP) is 1.85. The van der Waals surface area contributed by atoms with Crippen LogP contribution in [0.15, 0.2) is 57.2 Å². The second kappa shape index (κ2) is 9.85. The van der Waals surface area contributed by atoms with Crippen LogP contribution < -0.4 is 9.94 Å². The Morgan fingerprint density at radius 1 is 1.09 bits per heavy atom. The molecule has 0 radical (unpaired) electrons. The van der Waals surface area contributed by atoms with E-state index in [2.05, 4.69) is 4.99 Å². The number of nitrogens with two attached hydrogens (primary N) is 1. The van der Waals surface area contributed by atoms with Gasteiger partial charge in [-0.25, -0.2) is 22.0 Å². The Balaban J connectivity index is 1.95. The lowest BCUT2D eigenvalue weighted by Crippen LogP contribution is -2.20. The molecule has 9 nitrogen and oxygen atoms in total. The number of carbonyl (C=O) groups excluding carboxylic acids is 1. The Kier molecular flexibility index (Phi) is 7.54. The number of hydrogen-bond acceptors (Lipinski definition) is 7. The van der Waals surface area contributed by atoms with Crippen LogP contribution in [-0.4, -0.2) is 46.3 Å². The summed E-state index contributed by atoms with van der Waals surface area (Å²) in [6.45, 7) is 4.01. The molecule has 3 rings (SSSR count). The van der Waals surface area contributed by atoms with Crippen LogP contribution in [0.5, 0.6) is 0 Å². The van der Waals surface area contributed by atoms with Gasteiger partial charge in [-0.1, -0.05) is 23.5 Å². The fourth-order valence-corrected chi connectivity index (χ4v) is 5.89. The summed E-state index contributed by atoms with van der Waals surface area (Å²) in [4.78, 5) is 17.5. The Bertz CT molecular complexity index is 1450. The standard InChI is InChI=1S/C21H25N3O6S3/c1-14(2)32(26,27)16-6-4-15(5-7-16)12-20(25)23-21-24(10-11-30-3)18-9-8-17(33(22,28)29)13-19(18)31-21/h4-9,13-14H,10-12H2,1-3H3,(H2,22,28,29). The number of rotatable bonds is 8. The van der Waals surface area contributed by atoms with Crippen LogP contribution in [0.2, 0.25) is 0 Å². The highest BCUT2D eigenvalue weighted by molar-refractivity contribution is 7.92. The van der Waals surface area contributed by atoms with E-state index in [9.17, 15) is 21.6 Å². The number of ether oxygens (including phenoxy) is 1. The van der Waals surface area contributed by atoms with Crippen LogP contribution in [0.4, 0.5) is 0 Å². The van der Waals surface area contributed by atoms with E-state index in [0.717, 1.165) is 0 Å². The van der Waals surface area contributed by atoms with Gasteiger partial charge in [0.15, 0.2) is 14.6 Å². The molecule has 1 amide bonds. The molecule has 0 atom stereocenters. The van der Waals surface area contributed by atoms with Crippen LogP contribution in [0.25, 0.3) is 10.2 Å². The highest BCUT2D eigenvalue weighted by Gasteiger charge is 2.19. The zero-order valence-corrected chi connectivity index (χ0v) is 20.8. The number of nitrogens with zero attached hydrogens (tertiary/aromatic N) is 2. The van der Waals surface area contributed by atoms with E-state index in [0.29, 0.717) is 33.7 Å². The van der Waals surface area contributed by atoms with Gasteiger partial charge >= 0.3 is 0 Å². The van der Waals surface area contributed by atoms with Gasteiger partial charge in [-0.3, -0.25) is 4.79 Å². The third-order valence-corrected chi connectivity index (χ3v) is 9.07. The molecule has 0 fully saturated rings. The maximum Gasteiger partial charge on any atom is 0.252 e. The second-order valence-corrected chi connectivity index (χ2v) is 12.7. The smallest absolute Gasteiger partial charge is 0.252 e. The number of carbonyl (C=O) groups is 1. The number of methoxy groups -OCH3 is 1. The van der Waals surface area contributed by atoms with Crippen molar-refractivity contribution in [1.29, 1.82) is 0 Å². The molecule has 1 heterocycles. The summed E-state index contributed by atoms with van der Waals surface area (Å²) < 4.78 is 55.4. The molecule has 1 aromatic heterocycles. The number of sulfone groups is 1. The van der Waals surface area contributed by atoms with Crippen molar-refractivity contribution in [3.05, 3.63) is 52.8 Å². The van der Waals surface area contributed by atoms with E-state index in [4.69, 9.17) is 9.88 Å². The molecule has 0 spiro atoms. The monoisotopic (exact) mass is 511 g/mol. The number of thiazole rings is 1. The van der Waals surface area contributed by atoms with Crippen molar-refractivity contribution >= 4 is 47.3 Å². The van der Waals surface area contributed by atoms with E-state index in [1.165, 1.54) is 35.6 Å². The molecule has 0 aliphatic heterocycles. The second-order valence-electron chi connectivity index (χ2n) is 7.62. The van der Waals surface area contributed by atoms with Gasteiger partial charge in [0.25, 0.3) is 5.91 Å². The number of primary sulfonamides is 1. The molecule has 0 saturated carbocycles. The van der Waals surface area contributed by atoms with Crippen molar-refractivity contribution in [2.45, 2.75) is 41.9 Å². The number of sulfonamides is 1. The molecule has 0 bridgehead atoms. The molecule has 0 aliphatic rings. The lowest BCUT2D eigenvalue weighted by Gasteiger charge is -2.08. The number of fused-ring (bicyclic) bond motifs is 1. The lowest BCUT2D eigenvalue weighted by molar-refractivity contribution is -0.117. The van der Waals surface area contributed by atoms with E-state index in [-0.39, 0.29) is 16.2 Å². The molecule has 3 aromatic rings. The first-order valence-corrected chi connectivity index (χ1v) is 13.9. The van der Waals surface area contributed by atoms with Crippen molar-refractivity contribution < 1.29 is 26.4 Å². The largest absolute Gasteiger partial charge is 0.383 e. The van der Waals surface area contributed by atoms with Crippen molar-refractivity contribution in [2.75, 3.05) is 13.7 Å². The number of hydrogen-bond donors (Lipinski definition) is 1. The highest BCUT2D eigenvalue weighted by Crippen LogP contribution is 2.21. The number of benzene rings is 2. The van der Waals surface area contributed by atoms with E-state index in [1.807, 2.05) is 0 Å². The molecule has 2 N–H and O–H groups in total. The van der Waals surface area contributed by atoms with Gasteiger partial charge in [0, 0.05) is 13.7 Å². The third kappa shape index (κ3) is 5.76. The van der Waals surface area contributed by atoms with Crippen LogP contribution in [0, 0.1) is 0 Å². The minimum atomic E-state index is -3.87. The third-order valence-electron chi connectivity index (χ3n) is 4.95. The van der Waals surface area contributed by atoms with Gasteiger partial charge in [-0.2, -0.15) is 4.99 Å². The quantitative estimate of drug-likeness (QED) is 0.490. The summed E-state index contributed by atoms with van der Waals surface area (Å²) >= 11 is 1.17. The topological polar surface area (TPSA) is 138 Å². The summed E-state index contributed by atoms with van der Waals surface area (Å²) in [7, 11) is -5.70. The first-order chi connectivity index (χ1) is 15.4. The number of amides is 1. The van der Waals surface area contributed by atoms with Crippen molar-refractivity contribution in [1.82, 2.24) is 4.57 Å². The molecule has 0 saturated heterocycles. The zero-order chi connectivity index (χ0) is 24.4. The summed E-state index contributed by atoms with van der Waals surface area (Å²) in [5.41, 5.74) is 1.34. The van der Waals surface area contributed by atoms with Crippen molar-refractivity contribution in [2.24, 2.45) is 10.1 Å². The Hall–Kier alpha value is -2.38. The van der Waals surface area contributed by atoms with Crippen molar-refractivity contribution in [3.8, 4) is 0 Å². The molecule has 0 aliphatic carbocycles. The molecule has 12 heteroatoms. The lowest BCUT2D eigenvalue weighted by atomic mass is 10.1. The van der Waals surface area contributed by atoms with E-state index < -0.39 is 31.0 Å². The Morgan fingerprint density at radius 2 is 1.73 bits per heavy atom. The average Bonchev–Trinajstić information content (AvgIpc) is 3.07. The maximum absolute atomic E-state index is 12.7. The van der Waals surface area contributed by atoms with Gasteiger partial charge in [0.1, 0.15) is 0 Å². The predicted molar refractivity (Wildman–Crippen MR) is 126 cm³/mol. The fraction of sp³-hybridized carbons (Fsp3) is 0.333. The van der Waals surface area contributed by atoms with E-state index in [1.54, 1.807) is 43.7 Å². The van der Waals surface area contributed by atoms with Gasteiger partial charge in [0.2, 0.25) is 10.0 Å². The van der Waals surface area contributed by atoms with Crippen LogP contribution in [-0.2, 0) is 42.4 Å². The molecule has 0 unspecified atom stereocenters. The van der Waals surface area contributed by atoms with Gasteiger partial charge in [-0.15, -0.1) is 0 Å². The average molecular weight is 512 g/mol. The summed E-state index contributed by atoms with van der Waals surface area (Å²) in [6, 6.07) is 10.7. The Morgan fingerprint density at radius 3 is 2.30 bits per heavy atom. The first kappa shape index (κ1) is 25.2. The number of aromatic nitrogens is 1. The molecule has 178 valence electrons. The summed E-state index contributed by atoms with van der Waals surface area (Å²) in [5.74, 6) is -0.418.